The summed E-state index contributed by atoms with van der Waals surface area (Å²) in [6.07, 6.45) is 1.07. The number of phenolic OH excluding ortho intramolecular Hbond substituents is 1. The number of hydrogen-bond donors (Lipinski definition) is 2. The lowest BCUT2D eigenvalue weighted by molar-refractivity contribution is 0.317. The molecule has 17 heavy (non-hydrogen) atoms. The molecule has 96 valence electrons. The maximum absolute atomic E-state index is 9.59. The fourth-order valence-electron chi connectivity index (χ4n) is 1.41. The van der Waals surface area contributed by atoms with Crippen molar-refractivity contribution in [1.82, 2.24) is 5.32 Å². The second kappa shape index (κ2) is 5.92. The molecular weight excluding hydrogens is 214 g/mol. The minimum atomic E-state index is 0.129. The molecule has 0 atom stereocenters. The summed E-state index contributed by atoms with van der Waals surface area (Å²) >= 11 is 0. The Hall–Kier alpha value is -1.22. The zero-order valence-electron chi connectivity index (χ0n) is 11.2. The summed E-state index contributed by atoms with van der Waals surface area (Å²) in [5.74, 6) is 0.756. The Morgan fingerprint density at radius 3 is 2.59 bits per heavy atom. The first-order valence-electron chi connectivity index (χ1n) is 6.18. The number of aromatic hydroxyl groups is 1. The monoisotopic (exact) mass is 237 g/mol. The van der Waals surface area contributed by atoms with E-state index in [1.165, 1.54) is 0 Å². The maximum Gasteiger partial charge on any atom is 0.161 e. The van der Waals surface area contributed by atoms with Gasteiger partial charge in [-0.25, -0.2) is 0 Å². The molecule has 0 heterocycles. The first kappa shape index (κ1) is 13.8. The molecule has 0 aliphatic heterocycles. The van der Waals surface area contributed by atoms with Gasteiger partial charge in [-0.05, 0) is 44.9 Å². The van der Waals surface area contributed by atoms with Gasteiger partial charge in [-0.2, -0.15) is 0 Å². The van der Waals surface area contributed by atoms with E-state index in [0.717, 1.165) is 18.5 Å². The predicted molar refractivity (Wildman–Crippen MR) is 70.5 cm³/mol. The van der Waals surface area contributed by atoms with Crippen molar-refractivity contribution >= 4 is 0 Å². The molecular formula is C14H23NO2. The van der Waals surface area contributed by atoms with E-state index in [2.05, 4.69) is 26.1 Å². The Bertz CT molecular complexity index is 361. The number of hydrogen-bond acceptors (Lipinski definition) is 3. The Labute approximate surface area is 104 Å². The van der Waals surface area contributed by atoms with Crippen LogP contribution in [0.2, 0.25) is 0 Å². The van der Waals surface area contributed by atoms with Crippen LogP contribution in [-0.4, -0.2) is 17.3 Å². The van der Waals surface area contributed by atoms with Crippen LogP contribution < -0.4 is 10.1 Å². The van der Waals surface area contributed by atoms with Gasteiger partial charge in [-0.15, -0.1) is 0 Å². The largest absolute Gasteiger partial charge is 0.504 e. The van der Waals surface area contributed by atoms with Crippen LogP contribution in [-0.2, 0) is 6.54 Å². The number of phenols is 1. The summed E-state index contributed by atoms with van der Waals surface area (Å²) in [6.45, 7) is 9.76. The Balaban J connectivity index is 2.69. The second-order valence-electron chi connectivity index (χ2n) is 4.83. The molecule has 1 aromatic rings. The van der Waals surface area contributed by atoms with E-state index in [4.69, 9.17) is 4.74 Å². The van der Waals surface area contributed by atoms with Crippen LogP contribution in [0.1, 0.15) is 39.7 Å². The van der Waals surface area contributed by atoms with Crippen LogP contribution in [0.15, 0.2) is 18.2 Å². The molecule has 3 heteroatoms. The van der Waals surface area contributed by atoms with Gasteiger partial charge in [0.15, 0.2) is 11.5 Å². The maximum atomic E-state index is 9.59. The first-order chi connectivity index (χ1) is 7.98. The van der Waals surface area contributed by atoms with Gasteiger partial charge in [0.25, 0.3) is 0 Å². The molecule has 2 N–H and O–H groups in total. The molecule has 0 bridgehead atoms. The Kier molecular flexibility index (Phi) is 4.82. The van der Waals surface area contributed by atoms with Crippen LogP contribution in [0.25, 0.3) is 0 Å². The lowest BCUT2D eigenvalue weighted by atomic mass is 10.0. The van der Waals surface area contributed by atoms with Crippen LogP contribution in [0.5, 0.6) is 11.5 Å². The van der Waals surface area contributed by atoms with Crippen LogP contribution in [0.3, 0.4) is 0 Å². The van der Waals surface area contributed by atoms with Gasteiger partial charge in [0.1, 0.15) is 0 Å². The minimum Gasteiger partial charge on any atom is -0.504 e. The molecule has 0 unspecified atom stereocenters. The zero-order valence-corrected chi connectivity index (χ0v) is 11.2. The molecule has 0 saturated carbocycles. The summed E-state index contributed by atoms with van der Waals surface area (Å²) in [7, 11) is 0. The molecule has 0 aliphatic carbocycles. The molecule has 1 aromatic carbocycles. The molecule has 0 saturated heterocycles. The summed E-state index contributed by atoms with van der Waals surface area (Å²) in [6, 6.07) is 5.48. The van der Waals surface area contributed by atoms with Crippen molar-refractivity contribution in [3.8, 4) is 11.5 Å². The lowest BCUT2D eigenvalue weighted by Crippen LogP contribution is -2.37. The van der Waals surface area contributed by atoms with Crippen LogP contribution in [0.4, 0.5) is 0 Å². The van der Waals surface area contributed by atoms with Crippen molar-refractivity contribution in [2.45, 2.75) is 46.2 Å². The highest BCUT2D eigenvalue weighted by Gasteiger charge is 2.13. The smallest absolute Gasteiger partial charge is 0.161 e. The van der Waals surface area contributed by atoms with Gasteiger partial charge in [0.2, 0.25) is 0 Å². The molecule has 0 fully saturated rings. The van der Waals surface area contributed by atoms with Gasteiger partial charge < -0.3 is 15.2 Å². The molecule has 0 aromatic heterocycles. The Morgan fingerprint density at radius 2 is 2.00 bits per heavy atom. The van der Waals surface area contributed by atoms with Gasteiger partial charge in [-0.3, -0.25) is 0 Å². The SMILES string of the molecule is CCOc1cc(CNC(C)(C)CC)ccc1O. The fourth-order valence-corrected chi connectivity index (χ4v) is 1.41. The lowest BCUT2D eigenvalue weighted by Gasteiger charge is -2.24. The van der Waals surface area contributed by atoms with Gasteiger partial charge >= 0.3 is 0 Å². The van der Waals surface area contributed by atoms with E-state index in [1.54, 1.807) is 6.07 Å². The van der Waals surface area contributed by atoms with Gasteiger partial charge in [0.05, 0.1) is 6.61 Å². The number of benzene rings is 1. The predicted octanol–water partition coefficient (Wildman–Crippen LogP) is 3.07. The third kappa shape index (κ3) is 4.27. The summed E-state index contributed by atoms with van der Waals surface area (Å²) in [4.78, 5) is 0. The van der Waals surface area contributed by atoms with Gasteiger partial charge in [0, 0.05) is 12.1 Å². The summed E-state index contributed by atoms with van der Waals surface area (Å²) < 4.78 is 5.36. The van der Waals surface area contributed by atoms with E-state index in [-0.39, 0.29) is 11.3 Å². The average molecular weight is 237 g/mol. The van der Waals surface area contributed by atoms with E-state index < -0.39 is 0 Å². The van der Waals surface area contributed by atoms with E-state index in [1.807, 2.05) is 19.1 Å². The highest BCUT2D eigenvalue weighted by atomic mass is 16.5. The normalized spacial score (nSPS) is 11.5. The van der Waals surface area contributed by atoms with Gasteiger partial charge in [-0.1, -0.05) is 13.0 Å². The highest BCUT2D eigenvalue weighted by Crippen LogP contribution is 2.27. The Morgan fingerprint density at radius 1 is 1.29 bits per heavy atom. The van der Waals surface area contributed by atoms with E-state index in [0.29, 0.717) is 12.4 Å². The van der Waals surface area contributed by atoms with Crippen LogP contribution in [0, 0.1) is 0 Å². The van der Waals surface area contributed by atoms with E-state index >= 15 is 0 Å². The highest BCUT2D eigenvalue weighted by molar-refractivity contribution is 5.41. The second-order valence-corrected chi connectivity index (χ2v) is 4.83. The topological polar surface area (TPSA) is 41.5 Å². The van der Waals surface area contributed by atoms with Crippen molar-refractivity contribution in [3.05, 3.63) is 23.8 Å². The first-order valence-corrected chi connectivity index (χ1v) is 6.18. The molecule has 0 radical (unpaired) electrons. The molecule has 3 nitrogen and oxygen atoms in total. The quantitative estimate of drug-likeness (QED) is 0.799. The number of nitrogens with one attached hydrogen (secondary N) is 1. The third-order valence-corrected chi connectivity index (χ3v) is 2.98. The molecule has 1 rings (SSSR count). The van der Waals surface area contributed by atoms with Crippen molar-refractivity contribution in [1.29, 1.82) is 0 Å². The standard InChI is InChI=1S/C14H23NO2/c1-5-14(3,4)15-10-11-7-8-12(16)13(9-11)17-6-2/h7-9,15-16H,5-6,10H2,1-4H3. The fraction of sp³-hybridized carbons (Fsp3) is 0.571. The molecule has 0 aliphatic rings. The third-order valence-electron chi connectivity index (χ3n) is 2.98. The van der Waals surface area contributed by atoms with Crippen molar-refractivity contribution in [3.63, 3.8) is 0 Å². The molecule has 0 spiro atoms. The number of ether oxygens (including phenoxy) is 1. The minimum absolute atomic E-state index is 0.129. The van der Waals surface area contributed by atoms with Crippen molar-refractivity contribution in [2.75, 3.05) is 6.61 Å². The van der Waals surface area contributed by atoms with Crippen LogP contribution >= 0.6 is 0 Å². The van der Waals surface area contributed by atoms with E-state index in [9.17, 15) is 5.11 Å². The average Bonchev–Trinajstić information content (AvgIpc) is 2.31. The summed E-state index contributed by atoms with van der Waals surface area (Å²) in [5.41, 5.74) is 1.25. The zero-order chi connectivity index (χ0) is 12.9. The number of rotatable bonds is 6. The van der Waals surface area contributed by atoms with Crippen molar-refractivity contribution in [2.24, 2.45) is 0 Å². The summed E-state index contributed by atoms with van der Waals surface area (Å²) in [5, 5.41) is 13.1. The van der Waals surface area contributed by atoms with Crippen molar-refractivity contribution < 1.29 is 9.84 Å². The molecule has 0 amide bonds.